The van der Waals surface area contributed by atoms with Gasteiger partial charge in [0.05, 0.1) is 11.6 Å². The fourth-order valence-corrected chi connectivity index (χ4v) is 3.08. The molecule has 4 nitrogen and oxygen atoms in total. The Morgan fingerprint density at radius 1 is 1.41 bits per heavy atom. The summed E-state index contributed by atoms with van der Waals surface area (Å²) in [7, 11) is 0. The molecule has 1 atom stereocenters. The van der Waals surface area contributed by atoms with E-state index in [4.69, 9.17) is 0 Å². The maximum Gasteiger partial charge on any atom is 0.239 e. The molecule has 1 heterocycles. The van der Waals surface area contributed by atoms with Crippen molar-refractivity contribution in [1.29, 1.82) is 0 Å². The van der Waals surface area contributed by atoms with E-state index in [1.165, 1.54) is 0 Å². The minimum Gasteiger partial charge on any atom is -0.388 e. The maximum atomic E-state index is 12.2. The second-order valence-corrected chi connectivity index (χ2v) is 5.44. The number of nitrogens with zero attached hydrogens (tertiary/aromatic N) is 1. The lowest BCUT2D eigenvalue weighted by Gasteiger charge is -2.37. The van der Waals surface area contributed by atoms with E-state index in [2.05, 4.69) is 5.32 Å². The Morgan fingerprint density at radius 2 is 2.12 bits per heavy atom. The number of likely N-dealkylation sites (tertiary alicyclic amines) is 1. The Bertz CT molecular complexity index is 273. The maximum absolute atomic E-state index is 12.2. The van der Waals surface area contributed by atoms with Crippen LogP contribution in [-0.2, 0) is 4.79 Å². The molecule has 2 rings (SSSR count). The first-order valence-corrected chi connectivity index (χ1v) is 6.89. The van der Waals surface area contributed by atoms with Crippen molar-refractivity contribution in [3.8, 4) is 0 Å². The molecule has 0 radical (unpaired) electrons. The molecule has 1 unspecified atom stereocenters. The largest absolute Gasteiger partial charge is 0.388 e. The minimum atomic E-state index is -0.607. The fourth-order valence-electron chi connectivity index (χ4n) is 3.08. The Hall–Kier alpha value is -0.610. The molecule has 98 valence electrons. The van der Waals surface area contributed by atoms with Gasteiger partial charge in [-0.2, -0.15) is 0 Å². The molecule has 2 N–H and O–H groups in total. The van der Waals surface area contributed by atoms with Crippen molar-refractivity contribution in [2.45, 2.75) is 57.1 Å². The molecule has 1 saturated heterocycles. The zero-order valence-electron chi connectivity index (χ0n) is 10.7. The number of aliphatic hydroxyl groups is 1. The number of carbonyl (C=O) groups is 1. The Labute approximate surface area is 103 Å². The molecule has 0 aromatic carbocycles. The number of piperidine rings is 1. The molecule has 1 amide bonds. The average Bonchev–Trinajstić information content (AvgIpc) is 2.71. The van der Waals surface area contributed by atoms with Gasteiger partial charge < -0.3 is 15.3 Å². The highest BCUT2D eigenvalue weighted by Gasteiger charge is 2.37. The molecule has 17 heavy (non-hydrogen) atoms. The van der Waals surface area contributed by atoms with Crippen LogP contribution in [0.4, 0.5) is 0 Å². The van der Waals surface area contributed by atoms with E-state index in [-0.39, 0.29) is 11.9 Å². The van der Waals surface area contributed by atoms with E-state index < -0.39 is 5.60 Å². The second kappa shape index (κ2) is 5.36. The summed E-state index contributed by atoms with van der Waals surface area (Å²) < 4.78 is 0. The van der Waals surface area contributed by atoms with Crippen LogP contribution >= 0.6 is 0 Å². The first-order chi connectivity index (χ1) is 8.14. The van der Waals surface area contributed by atoms with Crippen LogP contribution in [0.25, 0.3) is 0 Å². The van der Waals surface area contributed by atoms with E-state index in [0.29, 0.717) is 6.54 Å². The van der Waals surface area contributed by atoms with Crippen molar-refractivity contribution in [2.75, 3.05) is 19.6 Å². The molecule has 0 spiro atoms. The summed E-state index contributed by atoms with van der Waals surface area (Å²) in [5, 5.41) is 13.6. The monoisotopic (exact) mass is 240 g/mol. The van der Waals surface area contributed by atoms with Gasteiger partial charge in [-0.1, -0.05) is 19.8 Å². The van der Waals surface area contributed by atoms with Crippen LogP contribution < -0.4 is 5.32 Å². The van der Waals surface area contributed by atoms with E-state index >= 15 is 0 Å². The molecular formula is C13H24N2O2. The number of rotatable bonds is 4. The number of nitrogens with one attached hydrogen (secondary N) is 1. The van der Waals surface area contributed by atoms with Gasteiger partial charge in [-0.25, -0.2) is 0 Å². The van der Waals surface area contributed by atoms with Gasteiger partial charge in [0.2, 0.25) is 5.91 Å². The first-order valence-electron chi connectivity index (χ1n) is 6.89. The van der Waals surface area contributed by atoms with Crippen molar-refractivity contribution in [2.24, 2.45) is 0 Å². The third kappa shape index (κ3) is 2.99. The number of β-amino-alcohol motifs (C(OH)–C–C–N with tert-alkyl or cyclic N) is 1. The summed E-state index contributed by atoms with van der Waals surface area (Å²) in [6.45, 7) is 4.20. The zero-order chi connectivity index (χ0) is 12.3. The average molecular weight is 240 g/mol. The summed E-state index contributed by atoms with van der Waals surface area (Å²) in [6, 6.07) is -0.0289. The summed E-state index contributed by atoms with van der Waals surface area (Å²) in [4.78, 5) is 14.1. The van der Waals surface area contributed by atoms with Gasteiger partial charge in [-0.15, -0.1) is 0 Å². The predicted molar refractivity (Wildman–Crippen MR) is 66.7 cm³/mol. The lowest BCUT2D eigenvalue weighted by Crippen LogP contribution is -2.54. The highest BCUT2D eigenvalue weighted by atomic mass is 16.3. The predicted octanol–water partition coefficient (Wildman–Crippen LogP) is 0.892. The Balaban J connectivity index is 1.93. The van der Waals surface area contributed by atoms with E-state index in [9.17, 15) is 9.90 Å². The molecule has 4 heteroatoms. The van der Waals surface area contributed by atoms with E-state index in [1.54, 1.807) is 0 Å². The molecule has 0 aromatic heterocycles. The van der Waals surface area contributed by atoms with Gasteiger partial charge in [-0.3, -0.25) is 4.79 Å². The van der Waals surface area contributed by atoms with Gasteiger partial charge in [-0.05, 0) is 32.2 Å². The fraction of sp³-hybridized carbons (Fsp3) is 0.923. The van der Waals surface area contributed by atoms with Crippen molar-refractivity contribution in [3.63, 3.8) is 0 Å². The van der Waals surface area contributed by atoms with Crippen LogP contribution in [0.15, 0.2) is 0 Å². The second-order valence-electron chi connectivity index (χ2n) is 5.44. The van der Waals surface area contributed by atoms with Crippen molar-refractivity contribution in [3.05, 3.63) is 0 Å². The standard InChI is InChI=1S/C13H24N2O2/c1-2-14-11-6-5-9-15(12(11)16)10-13(17)7-3-4-8-13/h11,14,17H,2-10H2,1H3. The van der Waals surface area contributed by atoms with Crippen LogP contribution in [0.1, 0.15) is 45.4 Å². The molecular weight excluding hydrogens is 216 g/mol. The van der Waals surface area contributed by atoms with Gasteiger partial charge in [0.15, 0.2) is 0 Å². The summed E-state index contributed by atoms with van der Waals surface area (Å²) in [5.41, 5.74) is -0.607. The van der Waals surface area contributed by atoms with Crippen LogP contribution in [0.3, 0.4) is 0 Å². The highest BCUT2D eigenvalue weighted by molar-refractivity contribution is 5.82. The first kappa shape index (κ1) is 12.8. The molecule has 0 bridgehead atoms. The van der Waals surface area contributed by atoms with Crippen molar-refractivity contribution < 1.29 is 9.90 Å². The molecule has 1 saturated carbocycles. The van der Waals surface area contributed by atoms with Gasteiger partial charge >= 0.3 is 0 Å². The zero-order valence-corrected chi connectivity index (χ0v) is 10.7. The van der Waals surface area contributed by atoms with E-state index in [0.717, 1.165) is 51.6 Å². The smallest absolute Gasteiger partial charge is 0.239 e. The van der Waals surface area contributed by atoms with Crippen LogP contribution in [0.5, 0.6) is 0 Å². The van der Waals surface area contributed by atoms with Crippen molar-refractivity contribution in [1.82, 2.24) is 10.2 Å². The quantitative estimate of drug-likeness (QED) is 0.767. The lowest BCUT2D eigenvalue weighted by molar-refractivity contribution is -0.139. The van der Waals surface area contributed by atoms with Crippen LogP contribution in [0, 0.1) is 0 Å². The number of amides is 1. The SMILES string of the molecule is CCNC1CCCN(CC2(O)CCCC2)C1=O. The number of likely N-dealkylation sites (N-methyl/N-ethyl adjacent to an activating group) is 1. The summed E-state index contributed by atoms with van der Waals surface area (Å²) >= 11 is 0. The lowest BCUT2D eigenvalue weighted by atomic mass is 9.98. The number of carbonyl (C=O) groups excluding carboxylic acids is 1. The molecule has 0 aromatic rings. The third-order valence-electron chi connectivity index (χ3n) is 4.00. The number of hydrogen-bond donors (Lipinski definition) is 2. The summed E-state index contributed by atoms with van der Waals surface area (Å²) in [5.74, 6) is 0.179. The number of hydrogen-bond acceptors (Lipinski definition) is 3. The molecule has 2 aliphatic rings. The summed E-state index contributed by atoms with van der Waals surface area (Å²) in [6.07, 6.45) is 5.86. The molecule has 1 aliphatic heterocycles. The molecule has 2 fully saturated rings. The van der Waals surface area contributed by atoms with Gasteiger partial charge in [0, 0.05) is 13.1 Å². The van der Waals surface area contributed by atoms with Crippen LogP contribution in [-0.4, -0.2) is 47.2 Å². The van der Waals surface area contributed by atoms with E-state index in [1.807, 2.05) is 11.8 Å². The molecule has 1 aliphatic carbocycles. The highest BCUT2D eigenvalue weighted by Crippen LogP contribution is 2.31. The Morgan fingerprint density at radius 3 is 2.76 bits per heavy atom. The Kier molecular flexibility index (Phi) is 4.05. The third-order valence-corrected chi connectivity index (χ3v) is 4.00. The minimum absolute atomic E-state index is 0.0289. The topological polar surface area (TPSA) is 52.6 Å². The van der Waals surface area contributed by atoms with Crippen molar-refractivity contribution >= 4 is 5.91 Å². The van der Waals surface area contributed by atoms with Gasteiger partial charge in [0.1, 0.15) is 0 Å². The van der Waals surface area contributed by atoms with Crippen LogP contribution in [0.2, 0.25) is 0 Å². The normalized spacial score (nSPS) is 28.7. The van der Waals surface area contributed by atoms with Gasteiger partial charge in [0.25, 0.3) is 0 Å².